The molecule has 0 amide bonds. The highest BCUT2D eigenvalue weighted by molar-refractivity contribution is 5.69. The van der Waals surface area contributed by atoms with Crippen molar-refractivity contribution in [2.75, 3.05) is 19.8 Å². The second-order valence-electron chi connectivity index (χ2n) is 4.29. The maximum absolute atomic E-state index is 11.2. The van der Waals surface area contributed by atoms with E-state index in [9.17, 15) is 4.79 Å². The monoisotopic (exact) mass is 265 g/mol. The number of carbonyl (C=O) groups is 1. The standard InChI is InChI=1S/C15H23NO3/c1-2-18-15(17)10-7-13-5-8-14(9-6-13)19-12-4-3-11-16/h5-6,8-9H,2-4,7,10-12,16H2,1H3. The molecule has 0 aliphatic carbocycles. The van der Waals surface area contributed by atoms with Crippen LogP contribution in [-0.4, -0.2) is 25.7 Å². The summed E-state index contributed by atoms with van der Waals surface area (Å²) in [5, 5.41) is 0. The van der Waals surface area contributed by atoms with Crippen molar-refractivity contribution in [2.24, 2.45) is 5.73 Å². The van der Waals surface area contributed by atoms with Gasteiger partial charge in [-0.25, -0.2) is 0 Å². The minimum Gasteiger partial charge on any atom is -0.494 e. The van der Waals surface area contributed by atoms with Gasteiger partial charge in [0.25, 0.3) is 0 Å². The molecule has 0 aliphatic heterocycles. The van der Waals surface area contributed by atoms with Crippen LogP contribution < -0.4 is 10.5 Å². The normalized spacial score (nSPS) is 10.2. The quantitative estimate of drug-likeness (QED) is 0.550. The van der Waals surface area contributed by atoms with E-state index in [1.807, 2.05) is 31.2 Å². The number of ether oxygens (including phenoxy) is 2. The van der Waals surface area contributed by atoms with Crippen LogP contribution in [0.15, 0.2) is 24.3 Å². The predicted molar refractivity (Wildman–Crippen MR) is 75.2 cm³/mol. The first-order valence-electron chi connectivity index (χ1n) is 6.83. The van der Waals surface area contributed by atoms with E-state index in [-0.39, 0.29) is 5.97 Å². The molecule has 106 valence electrons. The highest BCUT2D eigenvalue weighted by Gasteiger charge is 2.02. The molecule has 1 rings (SSSR count). The van der Waals surface area contributed by atoms with E-state index in [0.29, 0.717) is 32.6 Å². The summed E-state index contributed by atoms with van der Waals surface area (Å²) in [7, 11) is 0. The molecule has 0 atom stereocenters. The zero-order valence-electron chi connectivity index (χ0n) is 11.6. The Morgan fingerprint density at radius 2 is 1.95 bits per heavy atom. The third-order valence-corrected chi connectivity index (χ3v) is 2.71. The second kappa shape index (κ2) is 9.39. The maximum Gasteiger partial charge on any atom is 0.306 e. The summed E-state index contributed by atoms with van der Waals surface area (Å²) in [6, 6.07) is 7.83. The first-order valence-corrected chi connectivity index (χ1v) is 6.83. The molecule has 2 N–H and O–H groups in total. The van der Waals surface area contributed by atoms with Crippen LogP contribution in [-0.2, 0) is 16.0 Å². The smallest absolute Gasteiger partial charge is 0.306 e. The van der Waals surface area contributed by atoms with Gasteiger partial charge in [0.2, 0.25) is 0 Å². The number of esters is 1. The number of benzene rings is 1. The number of rotatable bonds is 9. The van der Waals surface area contributed by atoms with Gasteiger partial charge in [-0.15, -0.1) is 0 Å². The predicted octanol–water partition coefficient (Wildman–Crippen LogP) is 2.30. The molecule has 4 heteroatoms. The van der Waals surface area contributed by atoms with Gasteiger partial charge in [0.1, 0.15) is 5.75 Å². The Morgan fingerprint density at radius 1 is 1.21 bits per heavy atom. The van der Waals surface area contributed by atoms with Crippen molar-refractivity contribution in [1.29, 1.82) is 0 Å². The van der Waals surface area contributed by atoms with Crippen molar-refractivity contribution in [3.63, 3.8) is 0 Å². The Balaban J connectivity index is 2.29. The molecule has 0 aromatic heterocycles. The maximum atomic E-state index is 11.2. The highest BCUT2D eigenvalue weighted by Crippen LogP contribution is 2.14. The molecule has 0 saturated carbocycles. The van der Waals surface area contributed by atoms with E-state index in [1.165, 1.54) is 0 Å². The summed E-state index contributed by atoms with van der Waals surface area (Å²) < 4.78 is 10.5. The van der Waals surface area contributed by atoms with Crippen molar-refractivity contribution in [3.05, 3.63) is 29.8 Å². The average molecular weight is 265 g/mol. The number of hydrogen-bond acceptors (Lipinski definition) is 4. The van der Waals surface area contributed by atoms with Gasteiger partial charge >= 0.3 is 5.97 Å². The molecule has 0 saturated heterocycles. The molecule has 0 bridgehead atoms. The van der Waals surface area contributed by atoms with E-state index in [2.05, 4.69) is 0 Å². The summed E-state index contributed by atoms with van der Waals surface area (Å²) in [5.41, 5.74) is 6.53. The van der Waals surface area contributed by atoms with E-state index in [0.717, 1.165) is 24.2 Å². The minimum atomic E-state index is -0.149. The SMILES string of the molecule is CCOC(=O)CCc1ccc(OCCCCN)cc1. The van der Waals surface area contributed by atoms with Gasteiger partial charge < -0.3 is 15.2 Å². The number of aryl methyl sites for hydroxylation is 1. The Kier molecular flexibility index (Phi) is 7.66. The molecule has 0 radical (unpaired) electrons. The summed E-state index contributed by atoms with van der Waals surface area (Å²) >= 11 is 0. The van der Waals surface area contributed by atoms with Crippen molar-refractivity contribution in [2.45, 2.75) is 32.6 Å². The lowest BCUT2D eigenvalue weighted by atomic mass is 10.1. The molecule has 0 unspecified atom stereocenters. The number of hydrogen-bond donors (Lipinski definition) is 1. The Hall–Kier alpha value is -1.55. The molecule has 0 heterocycles. The lowest BCUT2D eigenvalue weighted by Crippen LogP contribution is -2.05. The third-order valence-electron chi connectivity index (χ3n) is 2.71. The van der Waals surface area contributed by atoms with E-state index in [1.54, 1.807) is 0 Å². The zero-order valence-corrected chi connectivity index (χ0v) is 11.6. The number of unbranched alkanes of at least 4 members (excludes halogenated alkanes) is 1. The van der Waals surface area contributed by atoms with Crippen LogP contribution in [0.4, 0.5) is 0 Å². The first kappa shape index (κ1) is 15.5. The second-order valence-corrected chi connectivity index (χ2v) is 4.29. The van der Waals surface area contributed by atoms with Gasteiger partial charge in [-0.1, -0.05) is 12.1 Å². The fraction of sp³-hybridized carbons (Fsp3) is 0.533. The third kappa shape index (κ3) is 6.82. The van der Waals surface area contributed by atoms with E-state index < -0.39 is 0 Å². The van der Waals surface area contributed by atoms with Crippen molar-refractivity contribution in [1.82, 2.24) is 0 Å². The highest BCUT2D eigenvalue weighted by atomic mass is 16.5. The van der Waals surface area contributed by atoms with E-state index >= 15 is 0 Å². The van der Waals surface area contributed by atoms with Gasteiger partial charge in [0, 0.05) is 6.42 Å². The number of carbonyl (C=O) groups excluding carboxylic acids is 1. The van der Waals surface area contributed by atoms with Crippen LogP contribution in [0.3, 0.4) is 0 Å². The minimum absolute atomic E-state index is 0.149. The lowest BCUT2D eigenvalue weighted by molar-refractivity contribution is -0.143. The molecule has 0 fully saturated rings. The fourth-order valence-corrected chi connectivity index (χ4v) is 1.67. The van der Waals surface area contributed by atoms with Gasteiger partial charge in [-0.05, 0) is 50.4 Å². The van der Waals surface area contributed by atoms with Crippen LogP contribution in [0.25, 0.3) is 0 Å². The summed E-state index contributed by atoms with van der Waals surface area (Å²) in [4.78, 5) is 11.2. The van der Waals surface area contributed by atoms with Gasteiger partial charge in [-0.3, -0.25) is 4.79 Å². The zero-order chi connectivity index (χ0) is 13.9. The first-order chi connectivity index (χ1) is 9.26. The number of nitrogens with two attached hydrogens (primary N) is 1. The summed E-state index contributed by atoms with van der Waals surface area (Å²) in [6.07, 6.45) is 3.08. The Morgan fingerprint density at radius 3 is 2.58 bits per heavy atom. The lowest BCUT2D eigenvalue weighted by Gasteiger charge is -2.07. The summed E-state index contributed by atoms with van der Waals surface area (Å²) in [5.74, 6) is 0.710. The Labute approximate surface area is 114 Å². The van der Waals surface area contributed by atoms with Crippen LogP contribution >= 0.6 is 0 Å². The van der Waals surface area contributed by atoms with Crippen molar-refractivity contribution < 1.29 is 14.3 Å². The Bertz CT molecular complexity index is 362. The fourth-order valence-electron chi connectivity index (χ4n) is 1.67. The summed E-state index contributed by atoms with van der Waals surface area (Å²) in [6.45, 7) is 3.65. The van der Waals surface area contributed by atoms with Gasteiger partial charge in [0.15, 0.2) is 0 Å². The molecule has 0 aliphatic rings. The van der Waals surface area contributed by atoms with Crippen LogP contribution in [0.1, 0.15) is 31.7 Å². The van der Waals surface area contributed by atoms with Crippen molar-refractivity contribution in [3.8, 4) is 5.75 Å². The molecule has 4 nitrogen and oxygen atoms in total. The topological polar surface area (TPSA) is 61.5 Å². The van der Waals surface area contributed by atoms with Crippen LogP contribution in [0.5, 0.6) is 5.75 Å². The largest absolute Gasteiger partial charge is 0.494 e. The molecular formula is C15H23NO3. The van der Waals surface area contributed by atoms with Gasteiger partial charge in [0.05, 0.1) is 13.2 Å². The molecule has 1 aromatic carbocycles. The average Bonchev–Trinajstić information content (AvgIpc) is 2.43. The van der Waals surface area contributed by atoms with Gasteiger partial charge in [-0.2, -0.15) is 0 Å². The van der Waals surface area contributed by atoms with E-state index in [4.69, 9.17) is 15.2 Å². The van der Waals surface area contributed by atoms with Crippen molar-refractivity contribution >= 4 is 5.97 Å². The van der Waals surface area contributed by atoms with Crippen LogP contribution in [0.2, 0.25) is 0 Å². The molecule has 1 aromatic rings. The molecular weight excluding hydrogens is 242 g/mol. The molecule has 19 heavy (non-hydrogen) atoms. The van der Waals surface area contributed by atoms with Crippen LogP contribution in [0, 0.1) is 0 Å². The molecule has 0 spiro atoms.